The van der Waals surface area contributed by atoms with Crippen molar-refractivity contribution in [3.8, 4) is 0 Å². The van der Waals surface area contributed by atoms with Crippen molar-refractivity contribution in [3.05, 3.63) is 23.9 Å². The fraction of sp³-hybridized carbons (Fsp3) is 0.143. The van der Waals surface area contributed by atoms with Crippen LogP contribution in [0.25, 0.3) is 0 Å². The lowest BCUT2D eigenvalue weighted by atomic mass is 10.3. The molecular weight excluding hydrogens is 140 g/mol. The van der Waals surface area contributed by atoms with E-state index in [1.54, 1.807) is 19.5 Å². The minimum absolute atomic E-state index is 0.492. The molecule has 0 saturated heterocycles. The molecule has 1 aromatic rings. The van der Waals surface area contributed by atoms with Gasteiger partial charge >= 0.3 is 0 Å². The molecule has 0 aromatic carbocycles. The van der Waals surface area contributed by atoms with E-state index in [-0.39, 0.29) is 0 Å². The van der Waals surface area contributed by atoms with Gasteiger partial charge in [0.15, 0.2) is 0 Å². The topological polar surface area (TPSA) is 63.3 Å². The van der Waals surface area contributed by atoms with Crippen molar-refractivity contribution in [1.82, 2.24) is 10.4 Å². The molecule has 0 aliphatic heterocycles. The summed E-state index contributed by atoms with van der Waals surface area (Å²) in [6.45, 7) is 0. The molecule has 0 amide bonds. The van der Waals surface area contributed by atoms with Gasteiger partial charge in [-0.2, -0.15) is 5.10 Å². The molecule has 1 aromatic heterocycles. The van der Waals surface area contributed by atoms with Crippen LogP contribution in [0.4, 0.5) is 5.82 Å². The summed E-state index contributed by atoms with van der Waals surface area (Å²) in [5, 5.41) is 3.81. The first-order valence-corrected chi connectivity index (χ1v) is 3.25. The van der Waals surface area contributed by atoms with Crippen LogP contribution < -0.4 is 11.2 Å². The van der Waals surface area contributed by atoms with Crippen LogP contribution in [0.2, 0.25) is 0 Å². The Morgan fingerprint density at radius 3 is 3.18 bits per heavy atom. The molecule has 3 N–H and O–H groups in total. The molecule has 1 heterocycles. The third-order valence-electron chi connectivity index (χ3n) is 1.20. The van der Waals surface area contributed by atoms with Crippen molar-refractivity contribution in [2.24, 2.45) is 5.10 Å². The highest BCUT2D eigenvalue weighted by atomic mass is 15.3. The van der Waals surface area contributed by atoms with E-state index in [4.69, 9.17) is 5.73 Å². The molecule has 11 heavy (non-hydrogen) atoms. The monoisotopic (exact) mass is 150 g/mol. The largest absolute Gasteiger partial charge is 0.383 e. The van der Waals surface area contributed by atoms with Gasteiger partial charge < -0.3 is 11.2 Å². The van der Waals surface area contributed by atoms with Gasteiger partial charge in [-0.1, -0.05) is 0 Å². The number of pyridine rings is 1. The number of rotatable bonds is 2. The van der Waals surface area contributed by atoms with Crippen LogP contribution in [0.1, 0.15) is 5.56 Å². The van der Waals surface area contributed by atoms with Gasteiger partial charge in [0.2, 0.25) is 0 Å². The zero-order valence-corrected chi connectivity index (χ0v) is 6.28. The minimum Gasteiger partial charge on any atom is -0.383 e. The normalized spacial score (nSPS) is 10.3. The molecule has 0 spiro atoms. The Bertz CT molecular complexity index is 256. The van der Waals surface area contributed by atoms with Crippen molar-refractivity contribution in [2.45, 2.75) is 0 Å². The first kappa shape index (κ1) is 7.53. The van der Waals surface area contributed by atoms with Crippen LogP contribution in [-0.4, -0.2) is 18.2 Å². The maximum atomic E-state index is 5.53. The van der Waals surface area contributed by atoms with E-state index < -0.39 is 0 Å². The van der Waals surface area contributed by atoms with E-state index in [2.05, 4.69) is 15.5 Å². The smallest absolute Gasteiger partial charge is 0.132 e. The van der Waals surface area contributed by atoms with Gasteiger partial charge in [0.1, 0.15) is 5.82 Å². The Morgan fingerprint density at radius 2 is 2.55 bits per heavy atom. The summed E-state index contributed by atoms with van der Waals surface area (Å²) in [6, 6.07) is 3.66. The number of nitrogens with two attached hydrogens (primary N) is 1. The lowest BCUT2D eigenvalue weighted by Crippen LogP contribution is -1.99. The van der Waals surface area contributed by atoms with E-state index >= 15 is 0 Å². The summed E-state index contributed by atoms with van der Waals surface area (Å²) in [5.41, 5.74) is 8.98. The van der Waals surface area contributed by atoms with Crippen LogP contribution in [0.5, 0.6) is 0 Å². The molecule has 4 nitrogen and oxygen atoms in total. The Balaban J connectivity index is 2.86. The quantitative estimate of drug-likeness (QED) is 0.468. The average Bonchev–Trinajstić information content (AvgIpc) is 2.03. The number of nitrogens with one attached hydrogen (secondary N) is 1. The van der Waals surface area contributed by atoms with Gasteiger partial charge in [0.05, 0.1) is 6.21 Å². The van der Waals surface area contributed by atoms with Crippen molar-refractivity contribution in [3.63, 3.8) is 0 Å². The Hall–Kier alpha value is -1.58. The number of nitrogen functional groups attached to an aromatic ring is 1. The Labute approximate surface area is 65.1 Å². The molecule has 0 unspecified atom stereocenters. The number of hydrogen-bond donors (Lipinski definition) is 2. The van der Waals surface area contributed by atoms with Gasteiger partial charge in [-0.05, 0) is 12.1 Å². The third kappa shape index (κ3) is 1.93. The predicted octanol–water partition coefficient (Wildman–Crippen LogP) is 0.217. The predicted molar refractivity (Wildman–Crippen MR) is 45.3 cm³/mol. The zero-order valence-electron chi connectivity index (χ0n) is 6.28. The van der Waals surface area contributed by atoms with E-state index in [1.807, 2.05) is 12.1 Å². The summed E-state index contributed by atoms with van der Waals surface area (Å²) >= 11 is 0. The van der Waals surface area contributed by atoms with Crippen LogP contribution in [0.3, 0.4) is 0 Å². The number of hydrogen-bond acceptors (Lipinski definition) is 4. The highest BCUT2D eigenvalue weighted by Gasteiger charge is 1.92. The molecule has 58 valence electrons. The summed E-state index contributed by atoms with van der Waals surface area (Å²) in [4.78, 5) is 3.89. The summed E-state index contributed by atoms with van der Waals surface area (Å²) in [6.07, 6.45) is 3.27. The van der Waals surface area contributed by atoms with Gasteiger partial charge in [-0.15, -0.1) is 0 Å². The molecule has 0 saturated carbocycles. The Morgan fingerprint density at radius 1 is 1.73 bits per heavy atom. The molecule has 0 fully saturated rings. The first-order valence-electron chi connectivity index (χ1n) is 3.25. The van der Waals surface area contributed by atoms with Crippen molar-refractivity contribution in [2.75, 3.05) is 12.8 Å². The lowest BCUT2D eigenvalue weighted by molar-refractivity contribution is 0.908. The molecule has 4 heteroatoms. The molecular formula is C7H10N4. The van der Waals surface area contributed by atoms with Gasteiger partial charge in [0.25, 0.3) is 0 Å². The average molecular weight is 150 g/mol. The fourth-order valence-corrected chi connectivity index (χ4v) is 0.673. The molecule has 0 bridgehead atoms. The van der Waals surface area contributed by atoms with Crippen molar-refractivity contribution in [1.29, 1.82) is 0 Å². The molecule has 0 aliphatic carbocycles. The second kappa shape index (κ2) is 3.55. The fourth-order valence-electron chi connectivity index (χ4n) is 0.673. The summed E-state index contributed by atoms with van der Waals surface area (Å²) in [5.74, 6) is 0.492. The molecule has 0 radical (unpaired) electrons. The van der Waals surface area contributed by atoms with Crippen LogP contribution in [0, 0.1) is 0 Å². The molecule has 1 rings (SSSR count). The maximum Gasteiger partial charge on any atom is 0.132 e. The second-order valence-electron chi connectivity index (χ2n) is 1.96. The molecule has 0 atom stereocenters. The Kier molecular flexibility index (Phi) is 2.43. The van der Waals surface area contributed by atoms with E-state index in [0.717, 1.165) is 5.56 Å². The first-order chi connectivity index (χ1) is 5.34. The zero-order chi connectivity index (χ0) is 8.10. The van der Waals surface area contributed by atoms with Crippen LogP contribution in [-0.2, 0) is 0 Å². The standard InChI is InChI=1S/C7H10N4/c1-9-11-5-6-3-2-4-10-7(6)8/h2-5,9H,1H3,(H2,8,10)/b11-5-. The van der Waals surface area contributed by atoms with Gasteiger partial charge in [0, 0.05) is 18.8 Å². The van der Waals surface area contributed by atoms with Crippen LogP contribution in [0.15, 0.2) is 23.4 Å². The van der Waals surface area contributed by atoms with E-state index in [9.17, 15) is 0 Å². The second-order valence-corrected chi connectivity index (χ2v) is 1.96. The third-order valence-corrected chi connectivity index (χ3v) is 1.20. The van der Waals surface area contributed by atoms with Gasteiger partial charge in [-0.25, -0.2) is 4.98 Å². The number of anilines is 1. The minimum atomic E-state index is 0.492. The summed E-state index contributed by atoms with van der Waals surface area (Å²) < 4.78 is 0. The van der Waals surface area contributed by atoms with E-state index in [0.29, 0.717) is 5.82 Å². The number of aromatic nitrogens is 1. The number of nitrogens with zero attached hydrogens (tertiary/aromatic N) is 2. The van der Waals surface area contributed by atoms with Crippen molar-refractivity contribution >= 4 is 12.0 Å². The van der Waals surface area contributed by atoms with Crippen LogP contribution >= 0.6 is 0 Å². The SMILES string of the molecule is CN/N=C\c1cccnc1N. The maximum absolute atomic E-state index is 5.53. The highest BCUT2D eigenvalue weighted by molar-refractivity contribution is 5.85. The highest BCUT2D eigenvalue weighted by Crippen LogP contribution is 2.01. The molecule has 0 aliphatic rings. The summed E-state index contributed by atoms with van der Waals surface area (Å²) in [7, 11) is 1.73. The van der Waals surface area contributed by atoms with Gasteiger partial charge in [-0.3, -0.25) is 0 Å². The van der Waals surface area contributed by atoms with E-state index in [1.165, 1.54) is 0 Å². The number of hydrazone groups is 1. The lowest BCUT2D eigenvalue weighted by Gasteiger charge is -1.95. The van der Waals surface area contributed by atoms with Crippen molar-refractivity contribution < 1.29 is 0 Å².